The Bertz CT molecular complexity index is 305. The molecule has 0 aromatic heterocycles. The molecule has 0 aliphatic carbocycles. The standard InChI is InChI=1S/C13H20Si/c1-12(2)10-11-14(3,4)13-8-6-5-7-9-13/h5-10H,11H2,1-4H3. The van der Waals surface area contributed by atoms with E-state index in [0.29, 0.717) is 0 Å². The van der Waals surface area contributed by atoms with Crippen LogP contribution in [0.15, 0.2) is 42.0 Å². The zero-order valence-corrected chi connectivity index (χ0v) is 10.7. The fourth-order valence-corrected chi connectivity index (χ4v) is 3.72. The fraction of sp³-hybridized carbons (Fsp3) is 0.385. The van der Waals surface area contributed by atoms with Gasteiger partial charge in [-0.2, -0.15) is 0 Å². The Hall–Kier alpha value is -0.823. The number of rotatable bonds is 3. The van der Waals surface area contributed by atoms with Crippen LogP contribution in [0.1, 0.15) is 13.8 Å². The molecule has 1 aromatic carbocycles. The van der Waals surface area contributed by atoms with Crippen LogP contribution in [-0.4, -0.2) is 8.07 Å². The lowest BCUT2D eigenvalue weighted by Gasteiger charge is -2.21. The van der Waals surface area contributed by atoms with E-state index in [1.807, 2.05) is 0 Å². The molecule has 0 spiro atoms. The third-order valence-corrected chi connectivity index (χ3v) is 5.70. The van der Waals surface area contributed by atoms with E-state index >= 15 is 0 Å². The van der Waals surface area contributed by atoms with E-state index in [1.54, 1.807) is 5.19 Å². The molecule has 1 aromatic rings. The van der Waals surface area contributed by atoms with Crippen LogP contribution in [0, 0.1) is 0 Å². The summed E-state index contributed by atoms with van der Waals surface area (Å²) >= 11 is 0. The third-order valence-electron chi connectivity index (χ3n) is 2.58. The highest BCUT2D eigenvalue weighted by Gasteiger charge is 2.20. The zero-order chi connectivity index (χ0) is 10.6. The van der Waals surface area contributed by atoms with Gasteiger partial charge in [0.25, 0.3) is 0 Å². The van der Waals surface area contributed by atoms with Crippen molar-refractivity contribution in [2.24, 2.45) is 0 Å². The number of hydrogen-bond donors (Lipinski definition) is 0. The maximum Gasteiger partial charge on any atom is 0.0843 e. The van der Waals surface area contributed by atoms with Crippen LogP contribution in [-0.2, 0) is 0 Å². The van der Waals surface area contributed by atoms with Gasteiger partial charge in [0.1, 0.15) is 0 Å². The molecule has 1 heteroatoms. The van der Waals surface area contributed by atoms with Crippen molar-refractivity contribution in [1.82, 2.24) is 0 Å². The zero-order valence-electron chi connectivity index (χ0n) is 9.67. The number of hydrogen-bond acceptors (Lipinski definition) is 0. The van der Waals surface area contributed by atoms with Crippen LogP contribution in [0.2, 0.25) is 19.1 Å². The van der Waals surface area contributed by atoms with Gasteiger partial charge in [-0.05, 0) is 19.9 Å². The van der Waals surface area contributed by atoms with Crippen LogP contribution in [0.25, 0.3) is 0 Å². The molecular weight excluding hydrogens is 184 g/mol. The first-order valence-electron chi connectivity index (χ1n) is 5.21. The van der Waals surface area contributed by atoms with E-state index in [1.165, 1.54) is 11.6 Å². The fourth-order valence-electron chi connectivity index (χ4n) is 1.47. The minimum Gasteiger partial charge on any atom is -0.0882 e. The number of benzene rings is 1. The van der Waals surface area contributed by atoms with E-state index < -0.39 is 8.07 Å². The van der Waals surface area contributed by atoms with Gasteiger partial charge >= 0.3 is 0 Å². The predicted molar refractivity (Wildman–Crippen MR) is 67.8 cm³/mol. The quantitative estimate of drug-likeness (QED) is 0.521. The smallest absolute Gasteiger partial charge is 0.0843 e. The van der Waals surface area contributed by atoms with Crippen molar-refractivity contribution in [2.75, 3.05) is 0 Å². The Balaban J connectivity index is 2.81. The van der Waals surface area contributed by atoms with Crippen molar-refractivity contribution in [3.8, 4) is 0 Å². The van der Waals surface area contributed by atoms with Crippen LogP contribution < -0.4 is 5.19 Å². The minimum atomic E-state index is -1.22. The highest BCUT2D eigenvalue weighted by atomic mass is 28.3. The molecule has 0 heterocycles. The molecule has 0 radical (unpaired) electrons. The summed E-state index contributed by atoms with van der Waals surface area (Å²) in [5.41, 5.74) is 1.43. The second kappa shape index (κ2) is 4.60. The number of allylic oxidation sites excluding steroid dienone is 2. The van der Waals surface area contributed by atoms with E-state index in [2.05, 4.69) is 63.3 Å². The lowest BCUT2D eigenvalue weighted by molar-refractivity contribution is 1.34. The van der Waals surface area contributed by atoms with Crippen LogP contribution in [0.3, 0.4) is 0 Å². The highest BCUT2D eigenvalue weighted by molar-refractivity contribution is 6.90. The van der Waals surface area contributed by atoms with Gasteiger partial charge in [-0.1, -0.05) is 60.3 Å². The van der Waals surface area contributed by atoms with Crippen molar-refractivity contribution < 1.29 is 0 Å². The largest absolute Gasteiger partial charge is 0.0882 e. The van der Waals surface area contributed by atoms with Crippen LogP contribution in [0.4, 0.5) is 0 Å². The van der Waals surface area contributed by atoms with Gasteiger partial charge in [-0.3, -0.25) is 0 Å². The molecule has 0 bridgehead atoms. The Morgan fingerprint density at radius 2 is 1.71 bits per heavy atom. The Kier molecular flexibility index (Phi) is 3.70. The van der Waals surface area contributed by atoms with Crippen molar-refractivity contribution in [2.45, 2.75) is 33.0 Å². The van der Waals surface area contributed by atoms with Gasteiger partial charge in [0.05, 0.1) is 8.07 Å². The van der Waals surface area contributed by atoms with Gasteiger partial charge < -0.3 is 0 Å². The van der Waals surface area contributed by atoms with Crippen LogP contribution >= 0.6 is 0 Å². The third kappa shape index (κ3) is 3.15. The van der Waals surface area contributed by atoms with Crippen LogP contribution in [0.5, 0.6) is 0 Å². The SMILES string of the molecule is CC(C)=CC[Si](C)(C)c1ccccc1. The first-order valence-corrected chi connectivity index (χ1v) is 8.42. The summed E-state index contributed by atoms with van der Waals surface area (Å²) in [4.78, 5) is 0. The summed E-state index contributed by atoms with van der Waals surface area (Å²) in [6.07, 6.45) is 2.37. The van der Waals surface area contributed by atoms with Gasteiger partial charge in [0.15, 0.2) is 0 Å². The average molecular weight is 204 g/mol. The summed E-state index contributed by atoms with van der Waals surface area (Å²) in [5, 5.41) is 1.55. The molecule has 0 atom stereocenters. The maximum atomic E-state index is 2.43. The molecule has 0 amide bonds. The molecule has 0 N–H and O–H groups in total. The molecular formula is C13H20Si. The molecule has 0 aliphatic heterocycles. The molecule has 0 nitrogen and oxygen atoms in total. The van der Waals surface area contributed by atoms with Crippen molar-refractivity contribution >= 4 is 13.3 Å². The molecule has 0 saturated heterocycles. The Morgan fingerprint density at radius 3 is 2.21 bits per heavy atom. The van der Waals surface area contributed by atoms with Gasteiger partial charge in [-0.25, -0.2) is 0 Å². The van der Waals surface area contributed by atoms with Crippen molar-refractivity contribution in [3.63, 3.8) is 0 Å². The molecule has 0 saturated carbocycles. The summed E-state index contributed by atoms with van der Waals surface area (Å²) < 4.78 is 0. The lowest BCUT2D eigenvalue weighted by atomic mass is 10.3. The van der Waals surface area contributed by atoms with E-state index in [9.17, 15) is 0 Å². The first kappa shape index (κ1) is 11.3. The van der Waals surface area contributed by atoms with Gasteiger partial charge in [0, 0.05) is 0 Å². The molecule has 76 valence electrons. The van der Waals surface area contributed by atoms with Gasteiger partial charge in [-0.15, -0.1) is 0 Å². The highest BCUT2D eigenvalue weighted by Crippen LogP contribution is 2.11. The molecule has 14 heavy (non-hydrogen) atoms. The van der Waals surface area contributed by atoms with E-state index in [0.717, 1.165) is 0 Å². The summed E-state index contributed by atoms with van der Waals surface area (Å²) in [6.45, 7) is 9.22. The molecule has 0 unspecified atom stereocenters. The Labute approximate surface area is 88.7 Å². The molecule has 0 fully saturated rings. The normalized spacial score (nSPS) is 11.1. The van der Waals surface area contributed by atoms with Gasteiger partial charge in [0.2, 0.25) is 0 Å². The van der Waals surface area contributed by atoms with Crippen molar-refractivity contribution in [1.29, 1.82) is 0 Å². The monoisotopic (exact) mass is 204 g/mol. The summed E-state index contributed by atoms with van der Waals surface area (Å²) in [7, 11) is -1.22. The minimum absolute atomic E-state index is 1.22. The maximum absolute atomic E-state index is 2.43. The first-order chi connectivity index (χ1) is 6.52. The molecule has 1 rings (SSSR count). The lowest BCUT2D eigenvalue weighted by Crippen LogP contribution is -2.40. The molecule has 0 aliphatic rings. The predicted octanol–water partition coefficient (Wildman–Crippen LogP) is 3.57. The van der Waals surface area contributed by atoms with Crippen molar-refractivity contribution in [3.05, 3.63) is 42.0 Å². The topological polar surface area (TPSA) is 0 Å². The van der Waals surface area contributed by atoms with E-state index in [4.69, 9.17) is 0 Å². The summed E-state index contributed by atoms with van der Waals surface area (Å²) in [6, 6.07) is 12.2. The second-order valence-electron chi connectivity index (χ2n) is 4.74. The average Bonchev–Trinajstić information content (AvgIpc) is 2.16. The van der Waals surface area contributed by atoms with E-state index in [-0.39, 0.29) is 0 Å². The summed E-state index contributed by atoms with van der Waals surface area (Å²) in [5.74, 6) is 0. The second-order valence-corrected chi connectivity index (χ2v) is 9.49. The Morgan fingerprint density at radius 1 is 1.14 bits per heavy atom.